The van der Waals surface area contributed by atoms with Crippen molar-refractivity contribution in [3.05, 3.63) is 0 Å². The van der Waals surface area contributed by atoms with Gasteiger partial charge in [0.15, 0.2) is 0 Å². The Bertz CT molecular complexity index is 395. The fourth-order valence-corrected chi connectivity index (χ4v) is 4.50. The lowest BCUT2D eigenvalue weighted by Gasteiger charge is -2.30. The summed E-state index contributed by atoms with van der Waals surface area (Å²) in [7, 11) is -1.01. The number of rotatable bonds is 16. The molecule has 5 nitrogen and oxygen atoms in total. The third-order valence-corrected chi connectivity index (χ3v) is 6.59. The van der Waals surface area contributed by atoms with E-state index in [1.165, 1.54) is 12.5 Å². The molecule has 0 spiro atoms. The number of nitrogens with two attached hydrogens (primary N) is 1. The first-order chi connectivity index (χ1) is 11.5. The fourth-order valence-electron chi connectivity index (χ4n) is 3.19. The molecule has 1 unspecified atom stereocenters. The number of hydrogen-bond donors (Lipinski definition) is 3. The predicted octanol–water partition coefficient (Wildman–Crippen LogP) is 4.87. The van der Waals surface area contributed by atoms with Gasteiger partial charge in [-0.3, -0.25) is 9.59 Å². The number of carboxylic acids is 2. The second-order valence-corrected chi connectivity index (χ2v) is 14.3. The first-order valence-electron chi connectivity index (χ1n) is 9.77. The van der Waals surface area contributed by atoms with E-state index in [4.69, 9.17) is 15.9 Å². The van der Waals surface area contributed by atoms with Crippen molar-refractivity contribution in [1.29, 1.82) is 0 Å². The van der Waals surface area contributed by atoms with Gasteiger partial charge in [0.25, 0.3) is 0 Å². The Morgan fingerprint density at radius 1 is 0.760 bits per heavy atom. The van der Waals surface area contributed by atoms with Crippen LogP contribution < -0.4 is 5.73 Å². The highest BCUT2D eigenvalue weighted by atomic mass is 28.3. The lowest BCUT2D eigenvalue weighted by Crippen LogP contribution is -2.39. The van der Waals surface area contributed by atoms with Crippen LogP contribution in [-0.2, 0) is 9.59 Å². The Morgan fingerprint density at radius 2 is 1.16 bits per heavy atom. The lowest BCUT2D eigenvalue weighted by molar-refractivity contribution is -0.138. The van der Waals surface area contributed by atoms with Gasteiger partial charge in [-0.1, -0.05) is 57.8 Å². The van der Waals surface area contributed by atoms with E-state index in [2.05, 4.69) is 19.6 Å². The standard InChI is InChI=1S/C19H39NO4Si/c1-25(2,3)16-10-9-15-19(20,14-8-6-12-18(23)24)13-7-4-5-11-17(21)22/h4-16,20H2,1-3H3,(H,21,22)(H,23,24). The molecule has 0 aliphatic carbocycles. The molecule has 0 radical (unpaired) electrons. The van der Waals surface area contributed by atoms with Gasteiger partial charge in [0.05, 0.1) is 0 Å². The van der Waals surface area contributed by atoms with Crippen molar-refractivity contribution in [1.82, 2.24) is 0 Å². The third-order valence-electron chi connectivity index (χ3n) is 4.73. The van der Waals surface area contributed by atoms with E-state index in [-0.39, 0.29) is 18.4 Å². The maximum Gasteiger partial charge on any atom is 0.303 e. The molecule has 0 aromatic rings. The molecule has 0 bridgehead atoms. The predicted molar refractivity (Wildman–Crippen MR) is 106 cm³/mol. The summed E-state index contributed by atoms with van der Waals surface area (Å²) in [6.07, 6.45) is 9.66. The molecule has 148 valence electrons. The molecule has 0 aliphatic rings. The molecule has 0 saturated carbocycles. The number of carbonyl (C=O) groups is 2. The van der Waals surface area contributed by atoms with Crippen molar-refractivity contribution >= 4 is 20.0 Å². The van der Waals surface area contributed by atoms with E-state index in [0.717, 1.165) is 44.9 Å². The molecule has 0 saturated heterocycles. The summed E-state index contributed by atoms with van der Waals surface area (Å²) in [5.74, 6) is -1.48. The van der Waals surface area contributed by atoms with Crippen LogP contribution in [0.4, 0.5) is 0 Å². The molecule has 0 fully saturated rings. The zero-order valence-corrected chi connectivity index (χ0v) is 17.5. The summed E-state index contributed by atoms with van der Waals surface area (Å²) >= 11 is 0. The van der Waals surface area contributed by atoms with Gasteiger partial charge in [-0.2, -0.15) is 0 Å². The van der Waals surface area contributed by atoms with E-state index < -0.39 is 20.0 Å². The summed E-state index contributed by atoms with van der Waals surface area (Å²) in [5, 5.41) is 17.5. The van der Waals surface area contributed by atoms with Crippen molar-refractivity contribution in [3.63, 3.8) is 0 Å². The summed E-state index contributed by atoms with van der Waals surface area (Å²) in [4.78, 5) is 21.2. The minimum Gasteiger partial charge on any atom is -0.481 e. The van der Waals surface area contributed by atoms with Crippen LogP contribution in [0.25, 0.3) is 0 Å². The maximum atomic E-state index is 10.7. The van der Waals surface area contributed by atoms with Crippen molar-refractivity contribution in [2.75, 3.05) is 0 Å². The topological polar surface area (TPSA) is 101 Å². The van der Waals surface area contributed by atoms with Gasteiger partial charge in [0.1, 0.15) is 0 Å². The molecular weight excluding hydrogens is 334 g/mol. The third kappa shape index (κ3) is 16.3. The van der Waals surface area contributed by atoms with E-state index in [0.29, 0.717) is 12.8 Å². The van der Waals surface area contributed by atoms with Gasteiger partial charge in [-0.25, -0.2) is 0 Å². The van der Waals surface area contributed by atoms with Crippen LogP contribution in [0.1, 0.15) is 77.0 Å². The number of carboxylic acid groups (broad SMARTS) is 2. The van der Waals surface area contributed by atoms with Crippen LogP contribution in [0.2, 0.25) is 25.7 Å². The minimum absolute atomic E-state index is 0.213. The highest BCUT2D eigenvalue weighted by molar-refractivity contribution is 6.76. The van der Waals surface area contributed by atoms with Crippen LogP contribution in [0.15, 0.2) is 0 Å². The van der Waals surface area contributed by atoms with Crippen molar-refractivity contribution in [2.24, 2.45) is 5.73 Å². The number of unbranched alkanes of at least 4 members (excludes halogenated alkanes) is 4. The van der Waals surface area contributed by atoms with Crippen LogP contribution >= 0.6 is 0 Å². The maximum absolute atomic E-state index is 10.7. The fraction of sp³-hybridized carbons (Fsp3) is 0.895. The Morgan fingerprint density at radius 3 is 1.60 bits per heavy atom. The molecule has 4 N–H and O–H groups in total. The van der Waals surface area contributed by atoms with Gasteiger partial charge >= 0.3 is 11.9 Å². The quantitative estimate of drug-likeness (QED) is 0.264. The van der Waals surface area contributed by atoms with E-state index in [1.54, 1.807) is 0 Å². The van der Waals surface area contributed by atoms with Crippen molar-refractivity contribution < 1.29 is 19.8 Å². The van der Waals surface area contributed by atoms with E-state index in [1.807, 2.05) is 0 Å². The largest absolute Gasteiger partial charge is 0.481 e. The molecule has 0 aliphatic heterocycles. The van der Waals surface area contributed by atoms with Crippen molar-refractivity contribution in [2.45, 2.75) is 108 Å². The monoisotopic (exact) mass is 373 g/mol. The van der Waals surface area contributed by atoms with E-state index in [9.17, 15) is 9.59 Å². The molecule has 25 heavy (non-hydrogen) atoms. The second-order valence-electron chi connectivity index (χ2n) is 8.69. The van der Waals surface area contributed by atoms with Gasteiger partial charge < -0.3 is 15.9 Å². The van der Waals surface area contributed by atoms with Crippen LogP contribution in [0.5, 0.6) is 0 Å². The summed E-state index contributed by atoms with van der Waals surface area (Å²) in [6, 6.07) is 1.32. The average Bonchev–Trinajstić information content (AvgIpc) is 2.47. The smallest absolute Gasteiger partial charge is 0.303 e. The van der Waals surface area contributed by atoms with Gasteiger partial charge in [-0.05, 0) is 32.1 Å². The van der Waals surface area contributed by atoms with Gasteiger partial charge in [0, 0.05) is 26.5 Å². The van der Waals surface area contributed by atoms with Gasteiger partial charge in [-0.15, -0.1) is 0 Å². The van der Waals surface area contributed by atoms with E-state index >= 15 is 0 Å². The Labute approximate surface area is 154 Å². The summed E-state index contributed by atoms with van der Waals surface area (Å²) < 4.78 is 0. The molecule has 0 aromatic heterocycles. The van der Waals surface area contributed by atoms with Gasteiger partial charge in [0.2, 0.25) is 0 Å². The molecule has 0 amide bonds. The van der Waals surface area contributed by atoms with Crippen LogP contribution in [-0.4, -0.2) is 35.8 Å². The molecule has 1 atom stereocenters. The van der Waals surface area contributed by atoms with Crippen LogP contribution in [0, 0.1) is 0 Å². The highest BCUT2D eigenvalue weighted by Gasteiger charge is 2.24. The number of hydrogen-bond acceptors (Lipinski definition) is 3. The first-order valence-corrected chi connectivity index (χ1v) is 13.5. The molecule has 0 heterocycles. The average molecular weight is 374 g/mol. The van der Waals surface area contributed by atoms with Crippen molar-refractivity contribution in [3.8, 4) is 0 Å². The minimum atomic E-state index is -1.01. The van der Waals surface area contributed by atoms with Crippen LogP contribution in [0.3, 0.4) is 0 Å². The molecular formula is C19H39NO4Si. The lowest BCUT2D eigenvalue weighted by atomic mass is 9.83. The molecule has 0 aromatic carbocycles. The first kappa shape index (κ1) is 24.1. The SMILES string of the molecule is C[Si](C)(C)CCCCC(N)(CCCCCC(=O)O)CCCCC(=O)O. The summed E-state index contributed by atoms with van der Waals surface area (Å²) in [5.41, 5.74) is 6.43. The zero-order chi connectivity index (χ0) is 19.3. The normalized spacial score (nSPS) is 14.2. The summed E-state index contributed by atoms with van der Waals surface area (Å²) in [6.45, 7) is 7.16. The molecule has 6 heteroatoms. The molecule has 0 rings (SSSR count). The Balaban J connectivity index is 4.27. The Kier molecular flexibility index (Phi) is 12.0. The Hall–Kier alpha value is -0.883. The zero-order valence-electron chi connectivity index (χ0n) is 16.5. The highest BCUT2D eigenvalue weighted by Crippen LogP contribution is 2.27. The second kappa shape index (κ2) is 12.5. The number of aliphatic carboxylic acids is 2.